The lowest BCUT2D eigenvalue weighted by Crippen LogP contribution is -2.39. The number of nitrogens with one attached hydrogen (secondary N) is 1. The molecule has 0 saturated carbocycles. The molecule has 2 aromatic rings. The molecule has 0 bridgehead atoms. The van der Waals surface area contributed by atoms with Crippen molar-refractivity contribution in [2.24, 2.45) is 0 Å². The van der Waals surface area contributed by atoms with Crippen LogP contribution in [0, 0.1) is 0 Å². The fourth-order valence-corrected chi connectivity index (χ4v) is 4.98. The normalized spacial score (nSPS) is 17.8. The van der Waals surface area contributed by atoms with Gasteiger partial charge in [0.15, 0.2) is 5.16 Å². The van der Waals surface area contributed by atoms with E-state index in [2.05, 4.69) is 22.1 Å². The second-order valence-corrected chi connectivity index (χ2v) is 9.83. The molecule has 0 spiro atoms. The molecule has 29 heavy (non-hydrogen) atoms. The largest absolute Gasteiger partial charge is 0.325 e. The van der Waals surface area contributed by atoms with E-state index in [1.807, 2.05) is 34.9 Å². The number of hydrogen-bond acceptors (Lipinski definition) is 6. The van der Waals surface area contributed by atoms with E-state index in [1.54, 1.807) is 6.08 Å². The Bertz CT molecular complexity index is 959. The van der Waals surface area contributed by atoms with Crippen LogP contribution >= 0.6 is 11.8 Å². The number of aromatic nitrogens is 3. The third-order valence-corrected chi connectivity index (χ3v) is 6.90. The van der Waals surface area contributed by atoms with Gasteiger partial charge in [0.25, 0.3) is 0 Å². The first kappa shape index (κ1) is 21.5. The summed E-state index contributed by atoms with van der Waals surface area (Å²) in [7, 11) is -3.24. The van der Waals surface area contributed by atoms with Crippen molar-refractivity contribution >= 4 is 33.4 Å². The number of amides is 1. The summed E-state index contributed by atoms with van der Waals surface area (Å²) < 4.78 is 27.3. The Morgan fingerprint density at radius 1 is 1.34 bits per heavy atom. The van der Waals surface area contributed by atoms with Crippen molar-refractivity contribution in [2.75, 3.05) is 30.4 Å². The average Bonchev–Trinajstić information content (AvgIpc) is 3.10. The predicted octanol–water partition coefficient (Wildman–Crippen LogP) is 2.33. The van der Waals surface area contributed by atoms with Crippen LogP contribution in [0.15, 0.2) is 48.1 Å². The van der Waals surface area contributed by atoms with Crippen molar-refractivity contribution in [3.05, 3.63) is 48.8 Å². The van der Waals surface area contributed by atoms with Gasteiger partial charge < -0.3 is 9.88 Å². The summed E-state index contributed by atoms with van der Waals surface area (Å²) in [5.41, 5.74) is 0.745. The van der Waals surface area contributed by atoms with Crippen LogP contribution in [-0.4, -0.2) is 58.5 Å². The first-order valence-electron chi connectivity index (χ1n) is 9.35. The van der Waals surface area contributed by atoms with Gasteiger partial charge in [-0.25, -0.2) is 12.7 Å². The summed E-state index contributed by atoms with van der Waals surface area (Å²) in [6.07, 6.45) is 4.61. The van der Waals surface area contributed by atoms with Crippen LogP contribution in [0.4, 0.5) is 5.69 Å². The molecule has 1 aromatic carbocycles. The molecule has 1 aliphatic rings. The molecule has 2 heterocycles. The zero-order valence-corrected chi connectivity index (χ0v) is 18.0. The molecule has 156 valence electrons. The van der Waals surface area contributed by atoms with Gasteiger partial charge in [-0.3, -0.25) is 4.79 Å². The molecule has 0 aliphatic carbocycles. The summed E-state index contributed by atoms with van der Waals surface area (Å²) in [6, 6.07) is 9.27. The molecule has 1 saturated heterocycles. The maximum absolute atomic E-state index is 12.2. The van der Waals surface area contributed by atoms with Gasteiger partial charge in [0, 0.05) is 31.2 Å². The lowest BCUT2D eigenvalue weighted by atomic mass is 9.99. The topological polar surface area (TPSA) is 97.2 Å². The number of piperidine rings is 1. The molecular weight excluding hydrogens is 410 g/mol. The number of anilines is 1. The van der Waals surface area contributed by atoms with Gasteiger partial charge in [-0.05, 0) is 25.0 Å². The Kier molecular flexibility index (Phi) is 7.09. The number of nitrogens with zero attached hydrogens (tertiary/aromatic N) is 4. The number of carbonyl (C=O) groups excluding carboxylic acids is 1. The number of sulfonamides is 1. The minimum Gasteiger partial charge on any atom is -0.325 e. The highest BCUT2D eigenvalue weighted by atomic mass is 32.2. The van der Waals surface area contributed by atoms with E-state index in [-0.39, 0.29) is 17.6 Å². The minimum atomic E-state index is -3.24. The molecule has 1 aliphatic heterocycles. The first-order chi connectivity index (χ1) is 13.9. The molecule has 1 unspecified atom stereocenters. The Labute approximate surface area is 175 Å². The lowest BCUT2D eigenvalue weighted by Gasteiger charge is -2.30. The van der Waals surface area contributed by atoms with Crippen molar-refractivity contribution in [1.29, 1.82) is 0 Å². The van der Waals surface area contributed by atoms with Gasteiger partial charge in [0.05, 0.1) is 12.0 Å². The van der Waals surface area contributed by atoms with Crippen molar-refractivity contribution in [3.8, 4) is 0 Å². The van der Waals surface area contributed by atoms with Crippen molar-refractivity contribution in [1.82, 2.24) is 19.1 Å². The summed E-state index contributed by atoms with van der Waals surface area (Å²) in [5.74, 6) is 0.782. The van der Waals surface area contributed by atoms with Gasteiger partial charge >= 0.3 is 0 Å². The van der Waals surface area contributed by atoms with Crippen LogP contribution in [0.3, 0.4) is 0 Å². The highest BCUT2D eigenvalue weighted by Gasteiger charge is 2.30. The Balaban J connectivity index is 1.69. The maximum Gasteiger partial charge on any atom is 0.234 e. The third kappa shape index (κ3) is 5.68. The number of hydrogen-bond donors (Lipinski definition) is 1. The minimum absolute atomic E-state index is 0.0292. The highest BCUT2D eigenvalue weighted by molar-refractivity contribution is 7.99. The summed E-state index contributed by atoms with van der Waals surface area (Å²) in [6.45, 7) is 5.23. The van der Waals surface area contributed by atoms with Gasteiger partial charge in [0.1, 0.15) is 5.82 Å². The number of para-hydroxylation sites is 1. The summed E-state index contributed by atoms with van der Waals surface area (Å²) in [5, 5.41) is 12.1. The second-order valence-electron chi connectivity index (χ2n) is 6.90. The van der Waals surface area contributed by atoms with Crippen LogP contribution in [-0.2, 0) is 21.4 Å². The van der Waals surface area contributed by atoms with E-state index in [9.17, 15) is 13.2 Å². The van der Waals surface area contributed by atoms with Crippen LogP contribution in [0.1, 0.15) is 24.6 Å². The molecule has 8 nitrogen and oxygen atoms in total. The molecule has 1 N–H and O–H groups in total. The quantitative estimate of drug-likeness (QED) is 0.505. The number of allylic oxidation sites excluding steroid dienone is 1. The molecule has 3 rings (SSSR count). The van der Waals surface area contributed by atoms with Gasteiger partial charge in [-0.1, -0.05) is 36.0 Å². The second kappa shape index (κ2) is 9.55. The molecule has 1 fully saturated rings. The average molecular weight is 436 g/mol. The SMILES string of the molecule is C=CCn1c(SCC(=O)Nc2ccccc2)nnc1C1CCCN(S(C)(=O)=O)C1. The van der Waals surface area contributed by atoms with Crippen LogP contribution < -0.4 is 5.32 Å². The Morgan fingerprint density at radius 2 is 2.10 bits per heavy atom. The van der Waals surface area contributed by atoms with Crippen LogP contribution in [0.5, 0.6) is 0 Å². The van der Waals surface area contributed by atoms with E-state index in [0.717, 1.165) is 24.4 Å². The van der Waals surface area contributed by atoms with Crippen LogP contribution in [0.2, 0.25) is 0 Å². The molecule has 1 atom stereocenters. The first-order valence-corrected chi connectivity index (χ1v) is 12.2. The molecule has 10 heteroatoms. The monoisotopic (exact) mass is 435 g/mol. The molecular formula is C19H25N5O3S2. The lowest BCUT2D eigenvalue weighted by molar-refractivity contribution is -0.113. The number of rotatable bonds is 8. The van der Waals surface area contributed by atoms with Gasteiger partial charge in [-0.2, -0.15) is 0 Å². The number of thioether (sulfide) groups is 1. The fraction of sp³-hybridized carbons (Fsp3) is 0.421. The standard InChI is InChI=1S/C19H25N5O3S2/c1-3-11-24-18(15-8-7-12-23(13-15)29(2,26)27)21-22-19(24)28-14-17(25)20-16-9-5-4-6-10-16/h3-6,9-10,15H,1,7-8,11-14H2,2H3,(H,20,25). The van der Waals surface area contributed by atoms with E-state index in [1.165, 1.54) is 22.3 Å². The van der Waals surface area contributed by atoms with E-state index in [4.69, 9.17) is 0 Å². The Hall–Kier alpha value is -2.17. The van der Waals surface area contributed by atoms with Crippen molar-refractivity contribution in [2.45, 2.75) is 30.5 Å². The smallest absolute Gasteiger partial charge is 0.234 e. The molecule has 1 amide bonds. The summed E-state index contributed by atoms with van der Waals surface area (Å²) in [4.78, 5) is 12.2. The van der Waals surface area contributed by atoms with Crippen molar-refractivity contribution in [3.63, 3.8) is 0 Å². The number of benzene rings is 1. The molecule has 1 aromatic heterocycles. The Morgan fingerprint density at radius 3 is 2.79 bits per heavy atom. The number of carbonyl (C=O) groups is 1. The predicted molar refractivity (Wildman–Crippen MR) is 114 cm³/mol. The molecule has 0 radical (unpaired) electrons. The zero-order chi connectivity index (χ0) is 20.9. The van der Waals surface area contributed by atoms with E-state index >= 15 is 0 Å². The van der Waals surface area contributed by atoms with E-state index in [0.29, 0.717) is 24.8 Å². The van der Waals surface area contributed by atoms with Gasteiger partial charge in [0.2, 0.25) is 15.9 Å². The highest BCUT2D eigenvalue weighted by Crippen LogP contribution is 2.29. The maximum atomic E-state index is 12.2. The third-order valence-electron chi connectivity index (χ3n) is 4.67. The van der Waals surface area contributed by atoms with Gasteiger partial charge in [-0.15, -0.1) is 16.8 Å². The fourth-order valence-electron chi connectivity index (χ4n) is 3.31. The zero-order valence-electron chi connectivity index (χ0n) is 16.3. The summed E-state index contributed by atoms with van der Waals surface area (Å²) >= 11 is 1.30. The van der Waals surface area contributed by atoms with E-state index < -0.39 is 10.0 Å². The van der Waals surface area contributed by atoms with Crippen LogP contribution in [0.25, 0.3) is 0 Å². The van der Waals surface area contributed by atoms with Crippen molar-refractivity contribution < 1.29 is 13.2 Å².